The van der Waals surface area contributed by atoms with E-state index in [4.69, 9.17) is 18.9 Å². The smallest absolute Gasteiger partial charge is 0.315 e. The lowest BCUT2D eigenvalue weighted by Gasteiger charge is -2.39. The van der Waals surface area contributed by atoms with Crippen molar-refractivity contribution in [3.63, 3.8) is 0 Å². The maximum Gasteiger partial charge on any atom is 0.315 e. The van der Waals surface area contributed by atoms with Gasteiger partial charge < -0.3 is 39.3 Å². The van der Waals surface area contributed by atoms with Crippen LogP contribution in [-0.4, -0.2) is 72.6 Å². The first-order valence-corrected chi connectivity index (χ1v) is 9.65. The molecule has 10 heteroatoms. The summed E-state index contributed by atoms with van der Waals surface area (Å²) < 4.78 is 24.2. The highest BCUT2D eigenvalue weighted by molar-refractivity contribution is 5.80. The number of benzene rings is 1. The number of aromatic nitrogens is 2. The number of aliphatic hydroxyl groups is 1. The molecule has 2 aliphatic heterocycles. The van der Waals surface area contributed by atoms with Gasteiger partial charge in [0, 0.05) is 18.7 Å². The van der Waals surface area contributed by atoms with Crippen LogP contribution in [0.5, 0.6) is 11.5 Å². The minimum Gasteiger partial charge on any atom is -0.493 e. The van der Waals surface area contributed by atoms with Gasteiger partial charge in [0.05, 0.1) is 44.2 Å². The number of hydrogen-bond donors (Lipinski definition) is 3. The molecule has 2 aromatic rings. The lowest BCUT2D eigenvalue weighted by Crippen LogP contribution is -2.60. The summed E-state index contributed by atoms with van der Waals surface area (Å²) in [6.07, 6.45) is 0.456. The number of ether oxygens (including phenoxy) is 4. The fraction of sp³-hybridized carbons (Fsp3) is 0.579. The second-order valence-electron chi connectivity index (χ2n) is 7.13. The maximum absolute atomic E-state index is 12.2. The van der Waals surface area contributed by atoms with Crippen LogP contribution < -0.4 is 20.1 Å². The molecule has 5 atom stereocenters. The van der Waals surface area contributed by atoms with Crippen LogP contribution in [0.4, 0.5) is 4.79 Å². The van der Waals surface area contributed by atoms with Gasteiger partial charge in [-0.15, -0.1) is 0 Å². The number of imidazole rings is 1. The Morgan fingerprint density at radius 2 is 2.10 bits per heavy atom. The van der Waals surface area contributed by atoms with Gasteiger partial charge in [0.2, 0.25) is 0 Å². The quantitative estimate of drug-likeness (QED) is 0.649. The molecule has 2 saturated heterocycles. The Morgan fingerprint density at radius 1 is 1.34 bits per heavy atom. The Bertz CT molecular complexity index is 887. The van der Waals surface area contributed by atoms with Crippen LogP contribution in [-0.2, 0) is 9.47 Å². The first-order chi connectivity index (χ1) is 14.1. The van der Waals surface area contributed by atoms with Crippen molar-refractivity contribution >= 4 is 17.1 Å². The van der Waals surface area contributed by atoms with Crippen molar-refractivity contribution in [2.45, 2.75) is 43.9 Å². The minimum atomic E-state index is -0.931. The van der Waals surface area contributed by atoms with E-state index in [-0.39, 0.29) is 6.03 Å². The average Bonchev–Trinajstić information content (AvgIpc) is 3.34. The van der Waals surface area contributed by atoms with Crippen molar-refractivity contribution in [1.29, 1.82) is 0 Å². The number of methoxy groups -OCH3 is 2. The standard InChI is InChI=1S/C19H26N4O6/c1-4-5-20-19(25)22-15-14-8-28-18(29-14)16(17(15)24)23-9-21-10-6-12(26-2)13(27-3)7-11(10)23/h6-7,9,14-18,24H,4-5,8H2,1-3H3,(H2,20,22,25). The summed E-state index contributed by atoms with van der Waals surface area (Å²) in [5, 5.41) is 16.7. The first kappa shape index (κ1) is 19.7. The molecule has 2 bridgehead atoms. The molecule has 3 heterocycles. The van der Waals surface area contributed by atoms with E-state index in [1.54, 1.807) is 37.2 Å². The third kappa shape index (κ3) is 3.47. The summed E-state index contributed by atoms with van der Waals surface area (Å²) in [5.41, 5.74) is 1.42. The predicted molar refractivity (Wildman–Crippen MR) is 103 cm³/mol. The summed E-state index contributed by atoms with van der Waals surface area (Å²) in [6.45, 7) is 2.81. The number of nitrogens with zero attached hydrogens (tertiary/aromatic N) is 2. The van der Waals surface area contributed by atoms with E-state index in [0.29, 0.717) is 30.2 Å². The van der Waals surface area contributed by atoms with Gasteiger partial charge in [0.25, 0.3) is 0 Å². The number of carbonyl (C=O) groups excluding carboxylic acids is 1. The van der Waals surface area contributed by atoms with Crippen molar-refractivity contribution in [1.82, 2.24) is 20.2 Å². The molecular weight excluding hydrogens is 380 g/mol. The van der Waals surface area contributed by atoms with Crippen LogP contribution >= 0.6 is 0 Å². The van der Waals surface area contributed by atoms with Crippen molar-refractivity contribution < 1.29 is 28.8 Å². The summed E-state index contributed by atoms with van der Waals surface area (Å²) in [7, 11) is 3.12. The summed E-state index contributed by atoms with van der Waals surface area (Å²) in [6, 6.07) is 2.02. The summed E-state index contributed by atoms with van der Waals surface area (Å²) >= 11 is 0. The molecule has 3 N–H and O–H groups in total. The van der Waals surface area contributed by atoms with Crippen molar-refractivity contribution in [3.05, 3.63) is 18.5 Å². The normalized spacial score (nSPS) is 28.3. The Hall–Kier alpha value is -2.56. The number of hydrogen-bond acceptors (Lipinski definition) is 7. The van der Waals surface area contributed by atoms with Crippen LogP contribution in [0.2, 0.25) is 0 Å². The second kappa shape index (κ2) is 8.05. The molecule has 4 rings (SSSR count). The molecule has 1 aromatic carbocycles. The van der Waals surface area contributed by atoms with Crippen LogP contribution in [0.25, 0.3) is 11.0 Å². The first-order valence-electron chi connectivity index (χ1n) is 9.65. The molecule has 2 aliphatic rings. The fourth-order valence-electron chi connectivity index (χ4n) is 3.91. The molecule has 0 aliphatic carbocycles. The molecule has 29 heavy (non-hydrogen) atoms. The van der Waals surface area contributed by atoms with Crippen molar-refractivity contribution in [3.8, 4) is 11.5 Å². The fourth-order valence-corrected chi connectivity index (χ4v) is 3.91. The van der Waals surface area contributed by atoms with E-state index in [1.165, 1.54) is 0 Å². The SMILES string of the molecule is CCCNC(=O)NC1C2COC(O2)C(n2cnc3cc(OC)c(OC)cc32)C1O. The molecule has 2 fully saturated rings. The number of amides is 2. The van der Waals surface area contributed by atoms with E-state index >= 15 is 0 Å². The lowest BCUT2D eigenvalue weighted by molar-refractivity contribution is -0.162. The Morgan fingerprint density at radius 3 is 2.83 bits per heavy atom. The highest BCUT2D eigenvalue weighted by atomic mass is 16.7. The number of rotatable bonds is 6. The molecule has 2 amide bonds. The molecule has 0 radical (unpaired) electrons. The van der Waals surface area contributed by atoms with E-state index in [2.05, 4.69) is 15.6 Å². The number of aliphatic hydroxyl groups excluding tert-OH is 1. The van der Waals surface area contributed by atoms with Gasteiger partial charge >= 0.3 is 6.03 Å². The topological polar surface area (TPSA) is 116 Å². The highest BCUT2D eigenvalue weighted by Gasteiger charge is 2.51. The van der Waals surface area contributed by atoms with Crippen LogP contribution in [0.15, 0.2) is 18.5 Å². The lowest BCUT2D eigenvalue weighted by atomic mass is 9.95. The van der Waals surface area contributed by atoms with Gasteiger partial charge in [0.15, 0.2) is 17.8 Å². The maximum atomic E-state index is 12.2. The molecular formula is C19H26N4O6. The Labute approximate surface area is 168 Å². The molecule has 10 nitrogen and oxygen atoms in total. The highest BCUT2D eigenvalue weighted by Crippen LogP contribution is 2.39. The van der Waals surface area contributed by atoms with E-state index in [9.17, 15) is 9.90 Å². The van der Waals surface area contributed by atoms with Gasteiger partial charge in [-0.05, 0) is 6.42 Å². The number of carbonyl (C=O) groups is 1. The van der Waals surface area contributed by atoms with Gasteiger partial charge in [-0.2, -0.15) is 0 Å². The van der Waals surface area contributed by atoms with Crippen LogP contribution in [0.3, 0.4) is 0 Å². The zero-order chi connectivity index (χ0) is 20.5. The zero-order valence-electron chi connectivity index (χ0n) is 16.6. The van der Waals surface area contributed by atoms with Gasteiger partial charge in [0.1, 0.15) is 18.2 Å². The number of nitrogens with one attached hydrogen (secondary N) is 2. The number of urea groups is 1. The monoisotopic (exact) mass is 406 g/mol. The van der Waals surface area contributed by atoms with Crippen LogP contribution in [0.1, 0.15) is 19.4 Å². The summed E-state index contributed by atoms with van der Waals surface area (Å²) in [4.78, 5) is 16.6. The minimum absolute atomic E-state index is 0.292. The van der Waals surface area contributed by atoms with E-state index in [1.807, 2.05) is 6.92 Å². The molecule has 5 unspecified atom stereocenters. The molecule has 0 saturated carbocycles. The molecule has 0 spiro atoms. The van der Waals surface area contributed by atoms with Gasteiger partial charge in [-0.25, -0.2) is 9.78 Å². The Kier molecular flexibility index (Phi) is 5.48. The predicted octanol–water partition coefficient (Wildman–Crippen LogP) is 0.788. The van der Waals surface area contributed by atoms with E-state index in [0.717, 1.165) is 11.9 Å². The summed E-state index contributed by atoms with van der Waals surface area (Å²) in [5.74, 6) is 1.11. The Balaban J connectivity index is 1.66. The van der Waals surface area contributed by atoms with Crippen molar-refractivity contribution in [2.75, 3.05) is 27.4 Å². The molecule has 1 aromatic heterocycles. The van der Waals surface area contributed by atoms with Crippen LogP contribution in [0, 0.1) is 0 Å². The average molecular weight is 406 g/mol. The largest absolute Gasteiger partial charge is 0.493 e. The van der Waals surface area contributed by atoms with E-state index < -0.39 is 30.6 Å². The molecule has 158 valence electrons. The zero-order valence-corrected chi connectivity index (χ0v) is 16.6. The van der Waals surface area contributed by atoms with Crippen molar-refractivity contribution in [2.24, 2.45) is 0 Å². The second-order valence-corrected chi connectivity index (χ2v) is 7.13. The van der Waals surface area contributed by atoms with Gasteiger partial charge in [-0.3, -0.25) is 0 Å². The third-order valence-electron chi connectivity index (χ3n) is 5.37. The number of fused-ring (bicyclic) bond motifs is 3. The third-order valence-corrected chi connectivity index (χ3v) is 5.37. The van der Waals surface area contributed by atoms with Gasteiger partial charge in [-0.1, -0.05) is 6.92 Å².